The highest BCUT2D eigenvalue weighted by Crippen LogP contribution is 2.15. The fourth-order valence-corrected chi connectivity index (χ4v) is 3.03. The van der Waals surface area contributed by atoms with E-state index in [9.17, 15) is 9.59 Å². The monoisotopic (exact) mass is 352 g/mol. The third kappa shape index (κ3) is 5.73. The molecule has 1 atom stereocenters. The molecule has 26 heavy (non-hydrogen) atoms. The Bertz CT molecular complexity index is 686. The van der Waals surface area contributed by atoms with Gasteiger partial charge in [0, 0.05) is 19.5 Å². The lowest BCUT2D eigenvalue weighted by atomic mass is 10.1. The van der Waals surface area contributed by atoms with E-state index in [1.54, 1.807) is 4.90 Å². The van der Waals surface area contributed by atoms with Crippen molar-refractivity contribution in [1.82, 2.24) is 10.2 Å². The fourth-order valence-electron chi connectivity index (χ4n) is 3.03. The maximum absolute atomic E-state index is 13.0. The van der Waals surface area contributed by atoms with Crippen LogP contribution in [0.15, 0.2) is 60.7 Å². The number of aryl methyl sites for hydroxylation is 1. The molecule has 0 aliphatic carbocycles. The van der Waals surface area contributed by atoms with Gasteiger partial charge in [-0.3, -0.25) is 9.59 Å². The average molecular weight is 352 g/mol. The van der Waals surface area contributed by atoms with Gasteiger partial charge in [0.1, 0.15) is 6.04 Å². The minimum Gasteiger partial charge on any atom is -0.355 e. The lowest BCUT2D eigenvalue weighted by Crippen LogP contribution is -2.49. The summed E-state index contributed by atoms with van der Waals surface area (Å²) >= 11 is 0. The van der Waals surface area contributed by atoms with Crippen molar-refractivity contribution in [2.45, 2.75) is 45.7 Å². The molecule has 0 aromatic heterocycles. The van der Waals surface area contributed by atoms with E-state index in [2.05, 4.69) is 5.32 Å². The molecule has 2 rings (SSSR count). The minimum absolute atomic E-state index is 0.0100. The van der Waals surface area contributed by atoms with Gasteiger partial charge in [-0.2, -0.15) is 0 Å². The van der Waals surface area contributed by atoms with Crippen molar-refractivity contribution < 1.29 is 9.59 Å². The number of hydrogen-bond acceptors (Lipinski definition) is 2. The zero-order valence-electron chi connectivity index (χ0n) is 15.7. The van der Waals surface area contributed by atoms with Gasteiger partial charge in [-0.1, -0.05) is 67.6 Å². The van der Waals surface area contributed by atoms with Crippen LogP contribution in [-0.2, 0) is 22.6 Å². The Hall–Kier alpha value is -2.62. The maximum atomic E-state index is 13.0. The van der Waals surface area contributed by atoms with Crippen molar-refractivity contribution in [3.63, 3.8) is 0 Å². The van der Waals surface area contributed by atoms with Gasteiger partial charge >= 0.3 is 0 Å². The van der Waals surface area contributed by atoms with Crippen LogP contribution in [0, 0.1) is 0 Å². The number of carbonyl (C=O) groups excluding carboxylic acids is 2. The SMILES string of the molecule is CCNC(=O)[C@H](CC)N(Cc1ccccc1)C(=O)CCc1ccccc1. The molecular weight excluding hydrogens is 324 g/mol. The number of rotatable bonds is 9. The van der Waals surface area contributed by atoms with Gasteiger partial charge in [0.25, 0.3) is 0 Å². The van der Waals surface area contributed by atoms with E-state index >= 15 is 0 Å². The molecule has 0 saturated heterocycles. The van der Waals surface area contributed by atoms with Crippen LogP contribution in [0.2, 0.25) is 0 Å². The van der Waals surface area contributed by atoms with Gasteiger partial charge in [-0.15, -0.1) is 0 Å². The summed E-state index contributed by atoms with van der Waals surface area (Å²) in [7, 11) is 0. The van der Waals surface area contributed by atoms with Crippen LogP contribution >= 0.6 is 0 Å². The first-order chi connectivity index (χ1) is 12.7. The summed E-state index contributed by atoms with van der Waals surface area (Å²) in [6, 6.07) is 19.4. The zero-order valence-corrected chi connectivity index (χ0v) is 15.7. The van der Waals surface area contributed by atoms with E-state index in [0.717, 1.165) is 11.1 Å². The summed E-state index contributed by atoms with van der Waals surface area (Å²) in [4.78, 5) is 27.2. The molecule has 0 heterocycles. The summed E-state index contributed by atoms with van der Waals surface area (Å²) < 4.78 is 0. The fraction of sp³-hybridized carbons (Fsp3) is 0.364. The Kier molecular flexibility index (Phi) is 7.87. The van der Waals surface area contributed by atoms with Crippen LogP contribution in [-0.4, -0.2) is 29.3 Å². The smallest absolute Gasteiger partial charge is 0.242 e. The number of hydrogen-bond donors (Lipinski definition) is 1. The van der Waals surface area contributed by atoms with Crippen LogP contribution in [0.1, 0.15) is 37.8 Å². The Morgan fingerprint density at radius 2 is 1.50 bits per heavy atom. The normalized spacial score (nSPS) is 11.6. The van der Waals surface area contributed by atoms with E-state index in [0.29, 0.717) is 32.4 Å². The van der Waals surface area contributed by atoms with Gasteiger partial charge in [0.15, 0.2) is 0 Å². The number of likely N-dealkylation sites (N-methyl/N-ethyl adjacent to an activating group) is 1. The summed E-state index contributed by atoms with van der Waals surface area (Å²) in [5.41, 5.74) is 2.16. The van der Waals surface area contributed by atoms with Gasteiger partial charge < -0.3 is 10.2 Å². The summed E-state index contributed by atoms with van der Waals surface area (Å²) in [6.45, 7) is 4.85. The van der Waals surface area contributed by atoms with Crippen molar-refractivity contribution >= 4 is 11.8 Å². The molecule has 0 spiro atoms. The molecule has 0 bridgehead atoms. The lowest BCUT2D eigenvalue weighted by molar-refractivity contribution is -0.141. The van der Waals surface area contributed by atoms with Crippen LogP contribution in [0.4, 0.5) is 0 Å². The first-order valence-electron chi connectivity index (χ1n) is 9.30. The Labute approximate surface area is 156 Å². The van der Waals surface area contributed by atoms with Crippen molar-refractivity contribution in [2.75, 3.05) is 6.54 Å². The standard InChI is InChI=1S/C22H28N2O2/c1-3-20(22(26)23-4-2)24(17-19-13-9-6-10-14-19)21(25)16-15-18-11-7-5-8-12-18/h5-14,20H,3-4,15-17H2,1-2H3,(H,23,26)/t20-/m0/s1. The number of amides is 2. The van der Waals surface area contributed by atoms with E-state index < -0.39 is 6.04 Å². The molecule has 4 heteroatoms. The molecule has 2 aromatic carbocycles. The van der Waals surface area contributed by atoms with Crippen LogP contribution in [0.5, 0.6) is 0 Å². The Morgan fingerprint density at radius 3 is 2.04 bits per heavy atom. The molecule has 138 valence electrons. The quantitative estimate of drug-likeness (QED) is 0.750. The number of nitrogens with one attached hydrogen (secondary N) is 1. The van der Waals surface area contributed by atoms with Crippen molar-refractivity contribution in [3.8, 4) is 0 Å². The second kappa shape index (κ2) is 10.4. The number of nitrogens with zero attached hydrogens (tertiary/aromatic N) is 1. The van der Waals surface area contributed by atoms with Gasteiger partial charge in [0.2, 0.25) is 11.8 Å². The third-order valence-corrected chi connectivity index (χ3v) is 4.40. The molecule has 0 aliphatic heterocycles. The predicted molar refractivity (Wildman–Crippen MR) is 105 cm³/mol. The highest BCUT2D eigenvalue weighted by atomic mass is 16.2. The molecule has 2 aromatic rings. The van der Waals surface area contributed by atoms with Gasteiger partial charge in [-0.05, 0) is 30.9 Å². The summed E-state index contributed by atoms with van der Waals surface area (Å²) in [6.07, 6.45) is 1.67. The zero-order chi connectivity index (χ0) is 18.8. The first kappa shape index (κ1) is 19.7. The highest BCUT2D eigenvalue weighted by molar-refractivity contribution is 5.87. The second-order valence-electron chi connectivity index (χ2n) is 6.31. The van der Waals surface area contributed by atoms with Crippen molar-refractivity contribution in [2.24, 2.45) is 0 Å². The predicted octanol–water partition coefficient (Wildman–Crippen LogP) is 3.56. The average Bonchev–Trinajstić information content (AvgIpc) is 2.68. The molecule has 0 saturated carbocycles. The Morgan fingerprint density at radius 1 is 0.923 bits per heavy atom. The molecule has 1 N–H and O–H groups in total. The van der Waals surface area contributed by atoms with Crippen LogP contribution < -0.4 is 5.32 Å². The van der Waals surface area contributed by atoms with E-state index in [4.69, 9.17) is 0 Å². The minimum atomic E-state index is -0.446. The molecule has 0 radical (unpaired) electrons. The summed E-state index contributed by atoms with van der Waals surface area (Å²) in [5.74, 6) is -0.0743. The largest absolute Gasteiger partial charge is 0.355 e. The maximum Gasteiger partial charge on any atom is 0.242 e. The topological polar surface area (TPSA) is 49.4 Å². The lowest BCUT2D eigenvalue weighted by Gasteiger charge is -2.30. The molecule has 0 aliphatic rings. The second-order valence-corrected chi connectivity index (χ2v) is 6.31. The number of benzene rings is 2. The van der Waals surface area contributed by atoms with Crippen LogP contribution in [0.25, 0.3) is 0 Å². The molecule has 0 fully saturated rings. The van der Waals surface area contributed by atoms with E-state index in [1.807, 2.05) is 74.5 Å². The number of carbonyl (C=O) groups is 2. The van der Waals surface area contributed by atoms with Gasteiger partial charge in [-0.25, -0.2) is 0 Å². The van der Waals surface area contributed by atoms with Crippen LogP contribution in [0.3, 0.4) is 0 Å². The highest BCUT2D eigenvalue weighted by Gasteiger charge is 2.27. The van der Waals surface area contributed by atoms with E-state index in [-0.39, 0.29) is 11.8 Å². The molecule has 2 amide bonds. The third-order valence-electron chi connectivity index (χ3n) is 4.40. The first-order valence-corrected chi connectivity index (χ1v) is 9.30. The Balaban J connectivity index is 2.14. The molecule has 0 unspecified atom stereocenters. The molecule has 4 nitrogen and oxygen atoms in total. The van der Waals surface area contributed by atoms with E-state index in [1.165, 1.54) is 0 Å². The van der Waals surface area contributed by atoms with Crippen molar-refractivity contribution in [3.05, 3.63) is 71.8 Å². The van der Waals surface area contributed by atoms with Crippen molar-refractivity contribution in [1.29, 1.82) is 0 Å². The molecular formula is C22H28N2O2. The van der Waals surface area contributed by atoms with Gasteiger partial charge in [0.05, 0.1) is 0 Å². The summed E-state index contributed by atoms with van der Waals surface area (Å²) in [5, 5.41) is 2.86.